The van der Waals surface area contributed by atoms with E-state index in [0.29, 0.717) is 16.7 Å². The number of nitrogens with zero attached hydrogens (tertiary/aromatic N) is 5. The van der Waals surface area contributed by atoms with Crippen molar-refractivity contribution in [1.82, 2.24) is 25.1 Å². The molecule has 0 aliphatic rings. The summed E-state index contributed by atoms with van der Waals surface area (Å²) in [4.78, 5) is 28.6. The van der Waals surface area contributed by atoms with Crippen molar-refractivity contribution < 1.29 is 14.1 Å². The molecule has 0 spiro atoms. The van der Waals surface area contributed by atoms with Crippen LogP contribution in [0.25, 0.3) is 22.3 Å². The molecule has 0 N–H and O–H groups in total. The lowest BCUT2D eigenvalue weighted by atomic mass is 10.1. The number of benzene rings is 2. The van der Waals surface area contributed by atoms with E-state index in [1.807, 2.05) is 31.2 Å². The zero-order chi connectivity index (χ0) is 20.2. The lowest BCUT2D eigenvalue weighted by molar-refractivity contribution is -0.146. The number of carbonyl (C=O) groups is 1. The van der Waals surface area contributed by atoms with Crippen molar-refractivity contribution in [1.29, 1.82) is 0 Å². The van der Waals surface area contributed by atoms with Gasteiger partial charge in [0.05, 0.1) is 18.4 Å². The van der Waals surface area contributed by atoms with Gasteiger partial charge in [0.25, 0.3) is 11.4 Å². The van der Waals surface area contributed by atoms with Crippen LogP contribution in [-0.4, -0.2) is 31.1 Å². The summed E-state index contributed by atoms with van der Waals surface area (Å²) in [5, 5.41) is 12.2. The summed E-state index contributed by atoms with van der Waals surface area (Å²) in [6.07, 6.45) is -0.0358. The molecule has 0 amide bonds. The Kier molecular flexibility index (Phi) is 5.10. The average Bonchev–Trinajstić information content (AvgIpc) is 3.21. The lowest BCUT2D eigenvalue weighted by Crippen LogP contribution is -2.25. The standard InChI is InChI=1S/C20H17N5O4/c1-13-6-8-14(9-7-13)19-21-17(29-23-19)12-28-18(26)10-11-25-20(27)15-4-2-3-5-16(15)22-24-25/h2-9H,10-12H2,1H3. The smallest absolute Gasteiger partial charge is 0.308 e. The van der Waals surface area contributed by atoms with Gasteiger partial charge in [-0.05, 0) is 19.1 Å². The van der Waals surface area contributed by atoms with Gasteiger partial charge in [0.1, 0.15) is 5.52 Å². The Bertz CT molecular complexity index is 1210. The van der Waals surface area contributed by atoms with Gasteiger partial charge < -0.3 is 9.26 Å². The molecular weight excluding hydrogens is 374 g/mol. The van der Waals surface area contributed by atoms with Crippen molar-refractivity contribution in [2.24, 2.45) is 0 Å². The number of esters is 1. The maximum Gasteiger partial charge on any atom is 0.308 e. The first kappa shape index (κ1) is 18.5. The maximum atomic E-state index is 12.4. The molecule has 0 unspecified atom stereocenters. The van der Waals surface area contributed by atoms with Crippen LogP contribution in [0.2, 0.25) is 0 Å². The highest BCUT2D eigenvalue weighted by Crippen LogP contribution is 2.16. The molecule has 9 nitrogen and oxygen atoms in total. The Morgan fingerprint density at radius 1 is 1.14 bits per heavy atom. The second-order valence-electron chi connectivity index (χ2n) is 6.42. The van der Waals surface area contributed by atoms with Gasteiger partial charge >= 0.3 is 5.97 Å². The Morgan fingerprint density at radius 2 is 1.93 bits per heavy atom. The molecule has 0 atom stereocenters. The van der Waals surface area contributed by atoms with Gasteiger partial charge in [-0.15, -0.1) is 5.10 Å². The first-order chi connectivity index (χ1) is 14.1. The molecule has 0 bridgehead atoms. The van der Waals surface area contributed by atoms with Crippen LogP contribution >= 0.6 is 0 Å². The maximum absolute atomic E-state index is 12.4. The largest absolute Gasteiger partial charge is 0.455 e. The minimum absolute atomic E-state index is 0.0358. The normalized spacial score (nSPS) is 10.9. The first-order valence-electron chi connectivity index (χ1n) is 8.98. The molecule has 146 valence electrons. The van der Waals surface area contributed by atoms with Gasteiger partial charge in [0, 0.05) is 5.56 Å². The number of hydrogen-bond donors (Lipinski definition) is 0. The Balaban J connectivity index is 1.33. The van der Waals surface area contributed by atoms with E-state index in [1.165, 1.54) is 0 Å². The van der Waals surface area contributed by atoms with Crippen molar-refractivity contribution in [3.63, 3.8) is 0 Å². The Morgan fingerprint density at radius 3 is 2.76 bits per heavy atom. The van der Waals surface area contributed by atoms with Gasteiger partial charge in [-0.3, -0.25) is 9.59 Å². The van der Waals surface area contributed by atoms with E-state index in [1.54, 1.807) is 24.3 Å². The topological polar surface area (TPSA) is 113 Å². The van der Waals surface area contributed by atoms with E-state index in [9.17, 15) is 9.59 Å². The van der Waals surface area contributed by atoms with Gasteiger partial charge in [-0.2, -0.15) is 4.98 Å². The molecule has 2 heterocycles. The van der Waals surface area contributed by atoms with E-state index >= 15 is 0 Å². The Hall–Kier alpha value is -3.88. The number of aromatic nitrogens is 5. The second kappa shape index (κ2) is 8.01. The molecule has 2 aromatic heterocycles. The van der Waals surface area contributed by atoms with Crippen molar-refractivity contribution in [2.45, 2.75) is 26.5 Å². The zero-order valence-corrected chi connectivity index (χ0v) is 15.6. The molecule has 0 radical (unpaired) electrons. The second-order valence-corrected chi connectivity index (χ2v) is 6.42. The lowest BCUT2D eigenvalue weighted by Gasteiger charge is -2.04. The fraction of sp³-hybridized carbons (Fsp3) is 0.200. The number of fused-ring (bicyclic) bond motifs is 1. The predicted molar refractivity (Wildman–Crippen MR) is 103 cm³/mol. The van der Waals surface area contributed by atoms with Crippen molar-refractivity contribution in [2.75, 3.05) is 0 Å². The number of hydrogen-bond acceptors (Lipinski definition) is 8. The highest BCUT2D eigenvalue weighted by molar-refractivity contribution is 5.76. The highest BCUT2D eigenvalue weighted by Gasteiger charge is 2.12. The minimum atomic E-state index is -0.512. The quantitative estimate of drug-likeness (QED) is 0.460. The van der Waals surface area contributed by atoms with E-state index < -0.39 is 5.97 Å². The zero-order valence-electron chi connectivity index (χ0n) is 15.6. The monoisotopic (exact) mass is 391 g/mol. The molecule has 29 heavy (non-hydrogen) atoms. The van der Waals surface area contributed by atoms with E-state index in [2.05, 4.69) is 20.5 Å². The summed E-state index contributed by atoms with van der Waals surface area (Å²) in [7, 11) is 0. The number of carbonyl (C=O) groups excluding carboxylic acids is 1. The fourth-order valence-corrected chi connectivity index (χ4v) is 2.71. The molecule has 2 aromatic carbocycles. The molecular formula is C20H17N5O4. The summed E-state index contributed by atoms with van der Waals surface area (Å²) >= 11 is 0. The third-order valence-electron chi connectivity index (χ3n) is 4.29. The van der Waals surface area contributed by atoms with Crippen LogP contribution in [-0.2, 0) is 22.7 Å². The SMILES string of the molecule is Cc1ccc(-c2noc(COC(=O)CCn3nnc4ccccc4c3=O)n2)cc1. The van der Waals surface area contributed by atoms with Gasteiger partial charge in [0.15, 0.2) is 6.61 Å². The molecule has 0 aliphatic carbocycles. The van der Waals surface area contributed by atoms with Crippen LogP contribution in [0.5, 0.6) is 0 Å². The van der Waals surface area contributed by atoms with Crippen LogP contribution in [0.1, 0.15) is 17.9 Å². The fourth-order valence-electron chi connectivity index (χ4n) is 2.71. The van der Waals surface area contributed by atoms with E-state index in [-0.39, 0.29) is 31.0 Å². The first-order valence-corrected chi connectivity index (χ1v) is 8.98. The Labute approximate surface area is 164 Å². The summed E-state index contributed by atoms with van der Waals surface area (Å²) < 4.78 is 11.4. The molecule has 0 aliphatic heterocycles. The summed E-state index contributed by atoms with van der Waals surface area (Å²) in [5.74, 6) is 0.104. The average molecular weight is 391 g/mol. The van der Waals surface area contributed by atoms with Crippen molar-refractivity contribution in [3.8, 4) is 11.4 Å². The summed E-state index contributed by atoms with van der Waals surface area (Å²) in [6, 6.07) is 14.6. The van der Waals surface area contributed by atoms with Crippen LogP contribution in [0.15, 0.2) is 57.8 Å². The molecule has 0 fully saturated rings. The third kappa shape index (κ3) is 4.18. The third-order valence-corrected chi connectivity index (χ3v) is 4.29. The van der Waals surface area contributed by atoms with Crippen molar-refractivity contribution >= 4 is 16.9 Å². The molecule has 0 saturated carbocycles. The van der Waals surface area contributed by atoms with Gasteiger partial charge in [-0.1, -0.05) is 52.3 Å². The molecule has 4 rings (SSSR count). The summed E-state index contributed by atoms with van der Waals surface area (Å²) in [5.41, 5.74) is 2.15. The molecule has 4 aromatic rings. The van der Waals surface area contributed by atoms with Gasteiger partial charge in [0.2, 0.25) is 5.82 Å². The number of rotatable bonds is 6. The van der Waals surface area contributed by atoms with Crippen LogP contribution in [0, 0.1) is 6.92 Å². The molecule has 9 heteroatoms. The number of ether oxygens (including phenoxy) is 1. The van der Waals surface area contributed by atoms with E-state index in [4.69, 9.17) is 9.26 Å². The molecule has 0 saturated heterocycles. The highest BCUT2D eigenvalue weighted by atomic mass is 16.6. The van der Waals surface area contributed by atoms with Gasteiger partial charge in [-0.25, -0.2) is 4.68 Å². The van der Waals surface area contributed by atoms with Crippen LogP contribution in [0.4, 0.5) is 0 Å². The van der Waals surface area contributed by atoms with Crippen molar-refractivity contribution in [3.05, 3.63) is 70.3 Å². The number of aryl methyl sites for hydroxylation is 2. The van der Waals surface area contributed by atoms with Crippen LogP contribution in [0.3, 0.4) is 0 Å². The predicted octanol–water partition coefficient (Wildman–Crippen LogP) is 2.28. The van der Waals surface area contributed by atoms with E-state index in [0.717, 1.165) is 15.8 Å². The summed E-state index contributed by atoms with van der Waals surface area (Å²) in [6.45, 7) is 1.91. The van der Waals surface area contributed by atoms with Crippen LogP contribution < -0.4 is 5.56 Å². The minimum Gasteiger partial charge on any atom is -0.455 e.